The van der Waals surface area contributed by atoms with Crippen molar-refractivity contribution in [1.29, 1.82) is 0 Å². The summed E-state index contributed by atoms with van der Waals surface area (Å²) in [6.45, 7) is 0. The first-order valence-electron chi connectivity index (χ1n) is 3.22. The summed E-state index contributed by atoms with van der Waals surface area (Å²) in [7, 11) is 0. The zero-order valence-electron chi connectivity index (χ0n) is 5.32. The van der Waals surface area contributed by atoms with Gasteiger partial charge in [0.25, 0.3) is 4.05 Å². The minimum atomic E-state index is 0. The van der Waals surface area contributed by atoms with Crippen molar-refractivity contribution in [3.8, 4) is 0 Å². The van der Waals surface area contributed by atoms with Crippen LogP contribution >= 0.6 is 0 Å². The van der Waals surface area contributed by atoms with Gasteiger partial charge in [0, 0.05) is 12.8 Å². The van der Waals surface area contributed by atoms with Crippen molar-refractivity contribution in [2.24, 2.45) is 0 Å². The highest BCUT2D eigenvalue weighted by Crippen LogP contribution is 2.24. The van der Waals surface area contributed by atoms with Crippen molar-refractivity contribution < 1.29 is 5.48 Å². The Hall–Kier alpha value is 0.726. The van der Waals surface area contributed by atoms with Gasteiger partial charge >= 0.3 is 21.7 Å². The summed E-state index contributed by atoms with van der Waals surface area (Å²) in [6.07, 6.45) is 7.48. The average Bonchev–Trinajstić information content (AvgIpc) is 1.69. The molecule has 0 saturated heterocycles. The third kappa shape index (κ3) is 2.90. The molecule has 0 amide bonds. The first-order valence-corrected chi connectivity index (χ1v) is 4.04. The Bertz CT molecular complexity index is 50.5. The van der Waals surface area contributed by atoms with Gasteiger partial charge in [-0.25, -0.2) is 0 Å². The molecule has 0 bridgehead atoms. The molecular formula is C6H13MgO+2. The summed E-state index contributed by atoms with van der Waals surface area (Å²) in [5.74, 6) is 0. The standard InChI is InChI=1S/C6H11.Mg.H2O/c1-2-4-6-5-3-1;;/h1H,2-6H2;;1H2/q;+2;. The van der Waals surface area contributed by atoms with E-state index in [-0.39, 0.29) is 5.48 Å². The van der Waals surface area contributed by atoms with Gasteiger partial charge in [-0.3, -0.25) is 0 Å². The van der Waals surface area contributed by atoms with E-state index < -0.39 is 0 Å². The highest BCUT2D eigenvalue weighted by molar-refractivity contribution is 6.11. The Kier molecular flexibility index (Phi) is 5.01. The molecule has 7 radical (unpaired) electrons. The van der Waals surface area contributed by atoms with Crippen molar-refractivity contribution >= 4 is 21.7 Å². The van der Waals surface area contributed by atoms with E-state index in [9.17, 15) is 0 Å². The summed E-state index contributed by atoms with van der Waals surface area (Å²) >= 11 is 2.18. The van der Waals surface area contributed by atoms with Gasteiger partial charge in [-0.05, 0) is 12.8 Å². The molecule has 43 valence electrons. The van der Waals surface area contributed by atoms with Crippen molar-refractivity contribution in [3.05, 3.63) is 0 Å². The fraction of sp³-hybridized carbons (Fsp3) is 1.00. The second kappa shape index (κ2) is 4.59. The molecule has 0 spiro atoms. The van der Waals surface area contributed by atoms with E-state index in [0.717, 1.165) is 4.05 Å². The maximum Gasteiger partial charge on any atom is 1.42 e. The number of rotatable bonds is 0. The normalized spacial score (nSPS) is 22.1. The maximum atomic E-state index is 2.18. The highest BCUT2D eigenvalue weighted by Gasteiger charge is 2.41. The Morgan fingerprint density at radius 1 is 1.00 bits per heavy atom. The SMILES string of the molecule is O.[Mg+2][CH]1CCCCC1. The van der Waals surface area contributed by atoms with Crippen LogP contribution in [0.25, 0.3) is 0 Å². The van der Waals surface area contributed by atoms with Crippen LogP contribution in [0.15, 0.2) is 0 Å². The summed E-state index contributed by atoms with van der Waals surface area (Å²) in [5.41, 5.74) is 0. The topological polar surface area (TPSA) is 31.5 Å². The quantitative estimate of drug-likeness (QED) is 0.434. The van der Waals surface area contributed by atoms with Gasteiger partial charge in [0.15, 0.2) is 0 Å². The Balaban J connectivity index is 0.000000490. The lowest BCUT2D eigenvalue weighted by Gasteiger charge is -2.02. The van der Waals surface area contributed by atoms with Crippen molar-refractivity contribution in [3.63, 3.8) is 0 Å². The zero-order valence-corrected chi connectivity index (χ0v) is 6.73. The molecule has 0 unspecified atom stereocenters. The minimum Gasteiger partial charge on any atom is -0.412 e. The van der Waals surface area contributed by atoms with E-state index in [1.54, 1.807) is 0 Å². The fourth-order valence-electron chi connectivity index (χ4n) is 1.19. The number of hydrogen-bond acceptors (Lipinski definition) is 0. The van der Waals surface area contributed by atoms with Crippen LogP contribution < -0.4 is 0 Å². The Morgan fingerprint density at radius 3 is 1.75 bits per heavy atom. The van der Waals surface area contributed by atoms with Gasteiger partial charge in [-0.2, -0.15) is 0 Å². The molecule has 0 aromatic rings. The van der Waals surface area contributed by atoms with Gasteiger partial charge in [0.1, 0.15) is 0 Å². The van der Waals surface area contributed by atoms with Crippen LogP contribution in [-0.4, -0.2) is 27.2 Å². The summed E-state index contributed by atoms with van der Waals surface area (Å²) in [4.78, 5) is 0. The maximum absolute atomic E-state index is 2.18. The minimum absolute atomic E-state index is 0. The molecule has 2 heteroatoms. The first kappa shape index (κ1) is 8.73. The third-order valence-electron chi connectivity index (χ3n) is 1.72. The lowest BCUT2D eigenvalue weighted by atomic mass is 10.00. The van der Waals surface area contributed by atoms with Gasteiger partial charge in [-0.1, -0.05) is 6.42 Å². The number of hydrogen-bond donors (Lipinski definition) is 0. The van der Waals surface area contributed by atoms with E-state index in [1.807, 2.05) is 0 Å². The molecule has 1 aliphatic carbocycles. The molecular weight excluding hydrogens is 112 g/mol. The molecule has 8 heavy (non-hydrogen) atoms. The smallest absolute Gasteiger partial charge is 0.412 e. The molecule has 0 aliphatic heterocycles. The Morgan fingerprint density at radius 2 is 1.50 bits per heavy atom. The summed E-state index contributed by atoms with van der Waals surface area (Å²) in [6, 6.07) is 0. The van der Waals surface area contributed by atoms with Crippen molar-refractivity contribution in [2.45, 2.75) is 36.2 Å². The second-order valence-electron chi connectivity index (χ2n) is 2.50. The zero-order chi connectivity index (χ0) is 5.11. The van der Waals surface area contributed by atoms with E-state index in [1.165, 1.54) is 32.1 Å². The predicted octanol–water partition coefficient (Wildman–Crippen LogP) is 1.08. The summed E-state index contributed by atoms with van der Waals surface area (Å²) in [5, 5.41) is 0. The fourth-order valence-corrected chi connectivity index (χ4v) is 1.76. The monoisotopic (exact) mass is 125 g/mol. The predicted molar refractivity (Wildman–Crippen MR) is 36.2 cm³/mol. The second-order valence-corrected chi connectivity index (χ2v) is 3.66. The van der Waals surface area contributed by atoms with Gasteiger partial charge in [0.2, 0.25) is 0 Å². The lowest BCUT2D eigenvalue weighted by Crippen LogP contribution is -1.98. The molecule has 0 aromatic heterocycles. The van der Waals surface area contributed by atoms with Crippen molar-refractivity contribution in [2.75, 3.05) is 0 Å². The molecule has 0 atom stereocenters. The molecule has 2 N–H and O–H groups in total. The van der Waals surface area contributed by atoms with Crippen LogP contribution in [0.5, 0.6) is 0 Å². The van der Waals surface area contributed by atoms with Crippen molar-refractivity contribution in [1.82, 2.24) is 0 Å². The van der Waals surface area contributed by atoms with E-state index in [0.29, 0.717) is 0 Å². The van der Waals surface area contributed by atoms with Crippen LogP contribution in [0, 0.1) is 0 Å². The van der Waals surface area contributed by atoms with Crippen LogP contribution in [0.3, 0.4) is 0 Å². The largest absolute Gasteiger partial charge is 1.42 e. The average molecular weight is 125 g/mol. The van der Waals surface area contributed by atoms with Gasteiger partial charge in [-0.15, -0.1) is 0 Å². The molecule has 1 nitrogen and oxygen atoms in total. The van der Waals surface area contributed by atoms with Gasteiger partial charge in [0.05, 0.1) is 0 Å². The summed E-state index contributed by atoms with van der Waals surface area (Å²) < 4.78 is 1.06. The van der Waals surface area contributed by atoms with E-state index >= 15 is 0 Å². The molecule has 1 saturated carbocycles. The van der Waals surface area contributed by atoms with E-state index in [2.05, 4.69) is 21.7 Å². The lowest BCUT2D eigenvalue weighted by molar-refractivity contribution is 0.504. The third-order valence-corrected chi connectivity index (χ3v) is 2.54. The molecule has 0 heterocycles. The van der Waals surface area contributed by atoms with Crippen LogP contribution in [0.2, 0.25) is 4.05 Å². The molecule has 1 rings (SSSR count). The van der Waals surface area contributed by atoms with Crippen LogP contribution in [-0.2, 0) is 0 Å². The highest BCUT2D eigenvalue weighted by atomic mass is 24.4. The Labute approximate surface area is 63.6 Å². The molecule has 0 aromatic carbocycles. The van der Waals surface area contributed by atoms with E-state index in [4.69, 9.17) is 0 Å². The first-order chi connectivity index (χ1) is 3.39. The molecule has 1 aliphatic rings. The molecule has 1 fully saturated rings. The van der Waals surface area contributed by atoms with Gasteiger partial charge < -0.3 is 5.48 Å². The van der Waals surface area contributed by atoms with Crippen LogP contribution in [0.1, 0.15) is 32.1 Å². The van der Waals surface area contributed by atoms with Crippen LogP contribution in [0.4, 0.5) is 0 Å².